The number of likely N-dealkylation sites (N-methyl/N-ethyl adjacent to an activating group) is 1. The van der Waals surface area contributed by atoms with Gasteiger partial charge in [-0.2, -0.15) is 5.10 Å². The van der Waals surface area contributed by atoms with Crippen molar-refractivity contribution in [2.24, 2.45) is 0 Å². The van der Waals surface area contributed by atoms with Crippen molar-refractivity contribution < 1.29 is 4.79 Å². The number of H-pyrrole nitrogens is 1. The molecule has 35 heavy (non-hydrogen) atoms. The van der Waals surface area contributed by atoms with E-state index >= 15 is 0 Å². The molecule has 4 aromatic rings. The van der Waals surface area contributed by atoms with Gasteiger partial charge in [-0.3, -0.25) is 14.4 Å². The van der Waals surface area contributed by atoms with Crippen LogP contribution in [0.25, 0.3) is 33.3 Å². The Labute approximate surface area is 204 Å². The van der Waals surface area contributed by atoms with E-state index in [1.807, 2.05) is 12.4 Å². The number of likely N-dealkylation sites (tertiary alicyclic amines) is 1. The molecule has 0 atom stereocenters. The van der Waals surface area contributed by atoms with Crippen LogP contribution in [0.2, 0.25) is 0 Å². The summed E-state index contributed by atoms with van der Waals surface area (Å²) in [5.74, 6) is 0.301. The molecule has 1 aromatic carbocycles. The predicted molar refractivity (Wildman–Crippen MR) is 136 cm³/mol. The van der Waals surface area contributed by atoms with Gasteiger partial charge in [0.25, 0.3) is 0 Å². The Hall–Kier alpha value is -3.29. The highest BCUT2D eigenvalue weighted by Gasteiger charge is 2.44. The third-order valence-corrected chi connectivity index (χ3v) is 8.55. The third kappa shape index (κ3) is 3.22. The van der Waals surface area contributed by atoms with Crippen LogP contribution in [0.1, 0.15) is 40.9 Å². The molecule has 3 aromatic heterocycles. The Morgan fingerprint density at radius 2 is 1.77 bits per heavy atom. The van der Waals surface area contributed by atoms with E-state index in [4.69, 9.17) is 4.98 Å². The van der Waals surface area contributed by atoms with Crippen LogP contribution in [0.15, 0.2) is 42.9 Å². The first-order chi connectivity index (χ1) is 17.0. The van der Waals surface area contributed by atoms with E-state index in [0.717, 1.165) is 84.4 Å². The van der Waals surface area contributed by atoms with Crippen LogP contribution in [-0.2, 0) is 18.5 Å². The van der Waals surface area contributed by atoms with Crippen molar-refractivity contribution in [3.63, 3.8) is 0 Å². The van der Waals surface area contributed by atoms with Gasteiger partial charge < -0.3 is 9.88 Å². The van der Waals surface area contributed by atoms with E-state index in [0.29, 0.717) is 12.2 Å². The average molecular weight is 467 g/mol. The molecule has 3 aliphatic rings. The maximum Gasteiger partial charge on any atom is 0.164 e. The third-order valence-electron chi connectivity index (χ3n) is 8.55. The van der Waals surface area contributed by atoms with Crippen LogP contribution in [0, 0.1) is 0 Å². The number of nitrogens with zero attached hydrogens (tertiary/aromatic N) is 5. The van der Waals surface area contributed by atoms with Gasteiger partial charge in [-0.1, -0.05) is 12.1 Å². The number of benzene rings is 1. The lowest BCUT2D eigenvalue weighted by Crippen LogP contribution is -2.39. The minimum Gasteiger partial charge on any atom is -0.346 e. The summed E-state index contributed by atoms with van der Waals surface area (Å²) in [6.45, 7) is 4.92. The molecule has 5 heterocycles. The predicted octanol–water partition coefficient (Wildman–Crippen LogP) is 4.09. The lowest BCUT2D eigenvalue weighted by Gasteiger charge is -2.38. The van der Waals surface area contributed by atoms with Gasteiger partial charge in [0.05, 0.1) is 18.4 Å². The summed E-state index contributed by atoms with van der Waals surface area (Å²) in [5.41, 5.74) is 8.84. The number of carbonyl (C=O) groups excluding carboxylic acids is 1. The molecule has 1 fully saturated rings. The highest BCUT2D eigenvalue weighted by Crippen LogP contribution is 2.47. The maximum absolute atomic E-state index is 12.9. The van der Waals surface area contributed by atoms with Gasteiger partial charge in [-0.25, -0.2) is 4.98 Å². The minimum absolute atomic E-state index is 0.00622. The zero-order chi connectivity index (χ0) is 23.7. The van der Waals surface area contributed by atoms with E-state index in [1.54, 1.807) is 0 Å². The summed E-state index contributed by atoms with van der Waals surface area (Å²) < 4.78 is 2.12. The van der Waals surface area contributed by atoms with Crippen molar-refractivity contribution in [2.45, 2.75) is 37.8 Å². The minimum atomic E-state index is -0.00622. The van der Waals surface area contributed by atoms with Crippen LogP contribution in [-0.4, -0.2) is 69.1 Å². The molecule has 7 rings (SSSR count). The number of carbonyl (C=O) groups is 1. The van der Waals surface area contributed by atoms with Crippen molar-refractivity contribution in [1.29, 1.82) is 0 Å². The molecule has 0 radical (unpaired) electrons. The van der Waals surface area contributed by atoms with Gasteiger partial charge in [0, 0.05) is 65.0 Å². The number of aromatic amines is 1. The second-order valence-corrected chi connectivity index (χ2v) is 10.7. The van der Waals surface area contributed by atoms with Crippen LogP contribution in [0.5, 0.6) is 0 Å². The monoisotopic (exact) mass is 466 g/mol. The van der Waals surface area contributed by atoms with Gasteiger partial charge in [-0.15, -0.1) is 0 Å². The van der Waals surface area contributed by atoms with Crippen LogP contribution in [0.3, 0.4) is 0 Å². The fraction of sp³-hybridized carbons (Fsp3) is 0.393. The first-order valence-electron chi connectivity index (χ1n) is 12.6. The Balaban J connectivity index is 1.32. The number of aromatic nitrogens is 4. The standard InChI is InChI=1S/C28H30N6O/c1-32-7-5-28(6-8-32)13-26(35)20-4-3-18(12-24(20)28)22-15-30-27-21(22)11-19(14-29-27)23-16-31-34-10-9-33(2)17-25(23)34/h3-4,11-12,14-16H,5-10,13,17H2,1-2H3,(H,29,30). The number of ketones is 1. The van der Waals surface area contributed by atoms with Gasteiger partial charge in [0.15, 0.2) is 5.78 Å². The molecule has 1 saturated heterocycles. The molecule has 7 heteroatoms. The second kappa shape index (κ2) is 7.60. The summed E-state index contributed by atoms with van der Waals surface area (Å²) in [4.78, 5) is 25.7. The van der Waals surface area contributed by atoms with Crippen molar-refractivity contribution in [2.75, 3.05) is 33.7 Å². The fourth-order valence-electron chi connectivity index (χ4n) is 6.39. The molecule has 178 valence electrons. The molecular formula is C28H30N6O. The van der Waals surface area contributed by atoms with Crippen LogP contribution in [0.4, 0.5) is 0 Å². The Morgan fingerprint density at radius 3 is 2.63 bits per heavy atom. The quantitative estimate of drug-likeness (QED) is 0.482. The van der Waals surface area contributed by atoms with E-state index in [9.17, 15) is 4.79 Å². The maximum atomic E-state index is 12.9. The Kier molecular flexibility index (Phi) is 4.57. The second-order valence-electron chi connectivity index (χ2n) is 10.7. The number of Topliss-reactive ketones (excluding diaryl/α,β-unsaturated/α-hetero) is 1. The normalized spacial score (nSPS) is 20.0. The SMILES string of the molecule is CN1CCC2(CC1)CC(=O)c1ccc(-c3c[nH]c4ncc(-c5cnn6c5CN(C)CC6)cc34)cc12. The van der Waals surface area contributed by atoms with Gasteiger partial charge in [0.2, 0.25) is 0 Å². The Morgan fingerprint density at radius 1 is 0.914 bits per heavy atom. The summed E-state index contributed by atoms with van der Waals surface area (Å²) in [6.07, 6.45) is 8.74. The molecule has 0 saturated carbocycles. The molecule has 1 spiro atoms. The van der Waals surface area contributed by atoms with Crippen molar-refractivity contribution in [3.05, 3.63) is 59.7 Å². The molecular weight excluding hydrogens is 436 g/mol. The van der Waals surface area contributed by atoms with E-state index in [2.05, 4.69) is 69.1 Å². The molecule has 2 aliphatic heterocycles. The Bertz CT molecular complexity index is 1470. The largest absolute Gasteiger partial charge is 0.346 e. The first kappa shape index (κ1) is 21.0. The fourth-order valence-corrected chi connectivity index (χ4v) is 6.39. The smallest absolute Gasteiger partial charge is 0.164 e. The highest BCUT2D eigenvalue weighted by atomic mass is 16.1. The summed E-state index contributed by atoms with van der Waals surface area (Å²) in [7, 11) is 4.33. The number of nitrogens with one attached hydrogen (secondary N) is 1. The van der Waals surface area contributed by atoms with E-state index < -0.39 is 0 Å². The number of piperidine rings is 1. The summed E-state index contributed by atoms with van der Waals surface area (Å²) in [6, 6.07) is 8.69. The van der Waals surface area contributed by atoms with Crippen molar-refractivity contribution in [1.82, 2.24) is 29.5 Å². The number of hydrogen-bond acceptors (Lipinski definition) is 5. The van der Waals surface area contributed by atoms with E-state index in [-0.39, 0.29) is 5.41 Å². The number of fused-ring (bicyclic) bond motifs is 4. The lowest BCUT2D eigenvalue weighted by molar-refractivity contribution is 0.0945. The molecule has 0 unspecified atom stereocenters. The highest BCUT2D eigenvalue weighted by molar-refractivity contribution is 6.04. The number of rotatable bonds is 2. The zero-order valence-electron chi connectivity index (χ0n) is 20.3. The topological polar surface area (TPSA) is 70.0 Å². The van der Waals surface area contributed by atoms with Crippen molar-refractivity contribution >= 4 is 16.8 Å². The van der Waals surface area contributed by atoms with Gasteiger partial charge in [-0.05, 0) is 63.3 Å². The number of hydrogen-bond donors (Lipinski definition) is 1. The molecule has 0 amide bonds. The van der Waals surface area contributed by atoms with Gasteiger partial charge >= 0.3 is 0 Å². The number of pyridine rings is 1. The van der Waals surface area contributed by atoms with Crippen molar-refractivity contribution in [3.8, 4) is 22.3 Å². The van der Waals surface area contributed by atoms with E-state index in [1.165, 1.54) is 11.3 Å². The van der Waals surface area contributed by atoms with Crippen LogP contribution >= 0.6 is 0 Å². The molecule has 1 aliphatic carbocycles. The molecule has 0 bridgehead atoms. The summed E-state index contributed by atoms with van der Waals surface area (Å²) >= 11 is 0. The zero-order valence-corrected chi connectivity index (χ0v) is 20.3. The molecule has 7 nitrogen and oxygen atoms in total. The molecule has 1 N–H and O–H groups in total. The average Bonchev–Trinajstić information content (AvgIpc) is 3.55. The summed E-state index contributed by atoms with van der Waals surface area (Å²) in [5, 5.41) is 5.74. The first-order valence-corrected chi connectivity index (χ1v) is 12.6. The van der Waals surface area contributed by atoms with Gasteiger partial charge in [0.1, 0.15) is 5.65 Å². The lowest BCUT2D eigenvalue weighted by atomic mass is 9.73. The van der Waals surface area contributed by atoms with Crippen LogP contribution < -0.4 is 0 Å².